The van der Waals surface area contributed by atoms with E-state index in [1.165, 1.54) is 12.3 Å². The maximum absolute atomic E-state index is 12.8. The van der Waals surface area contributed by atoms with Crippen LogP contribution in [0.1, 0.15) is 16.9 Å². The van der Waals surface area contributed by atoms with Gasteiger partial charge in [-0.1, -0.05) is 54.6 Å². The van der Waals surface area contributed by atoms with Gasteiger partial charge in [0.05, 0.1) is 12.8 Å². The Hall–Kier alpha value is -4.65. The normalized spacial score (nSPS) is 15.1. The molecule has 1 fully saturated rings. The third-order valence-electron chi connectivity index (χ3n) is 5.55. The molecule has 0 aliphatic carbocycles. The van der Waals surface area contributed by atoms with Crippen molar-refractivity contribution in [1.82, 2.24) is 10.2 Å². The molecule has 1 aliphatic rings. The molecule has 168 valence electrons. The first kappa shape index (κ1) is 21.2. The van der Waals surface area contributed by atoms with Crippen LogP contribution in [0, 0.1) is 0 Å². The lowest BCUT2D eigenvalue weighted by atomic mass is 10.1. The Morgan fingerprint density at radius 3 is 2.47 bits per heavy atom. The lowest BCUT2D eigenvalue weighted by Gasteiger charge is -2.25. The minimum atomic E-state index is -0.777. The molecule has 5 rings (SSSR count). The zero-order valence-electron chi connectivity index (χ0n) is 18.1. The Morgan fingerprint density at radius 2 is 1.68 bits per heavy atom. The fourth-order valence-electron chi connectivity index (χ4n) is 3.80. The molecule has 0 radical (unpaired) electrons. The Balaban J connectivity index is 1.30. The monoisotopic (exact) mass is 452 g/mol. The van der Waals surface area contributed by atoms with Crippen LogP contribution < -0.4 is 10.1 Å². The largest absolute Gasteiger partial charge is 0.489 e. The fourth-order valence-corrected chi connectivity index (χ4v) is 3.80. The molecule has 0 saturated carbocycles. The third kappa shape index (κ3) is 4.31. The van der Waals surface area contributed by atoms with E-state index in [0.29, 0.717) is 23.7 Å². The second kappa shape index (κ2) is 9.07. The smallest absolute Gasteiger partial charge is 0.331 e. The van der Waals surface area contributed by atoms with Gasteiger partial charge in [0, 0.05) is 0 Å². The van der Waals surface area contributed by atoms with Gasteiger partial charge in [0.2, 0.25) is 0 Å². The van der Waals surface area contributed by atoms with Gasteiger partial charge < -0.3 is 9.15 Å². The van der Waals surface area contributed by atoms with Crippen molar-refractivity contribution >= 4 is 34.7 Å². The molecule has 1 N–H and O–H groups in total. The second-order valence-electron chi connectivity index (χ2n) is 7.78. The van der Waals surface area contributed by atoms with Crippen molar-refractivity contribution in [3.05, 3.63) is 108 Å². The number of hydrogen-bond donors (Lipinski definition) is 1. The highest BCUT2D eigenvalue weighted by Gasteiger charge is 2.36. The minimum absolute atomic E-state index is 0.0662. The quantitative estimate of drug-likeness (QED) is 0.339. The standard InChI is InChI=1S/C27H20N2O5/c30-25-24(26(31)29(27(32)28-25)16-22-8-4-14-33-22)15-18-10-12-21(13-11-18)34-17-20-7-3-6-19-5-1-2-9-23(19)20/h1-15H,16-17H2,(H,28,30,32)/b24-15+. The van der Waals surface area contributed by atoms with E-state index in [1.54, 1.807) is 36.4 Å². The zero-order chi connectivity index (χ0) is 23.5. The van der Waals surface area contributed by atoms with Gasteiger partial charge in [-0.2, -0.15) is 0 Å². The number of urea groups is 1. The maximum Gasteiger partial charge on any atom is 0.331 e. The van der Waals surface area contributed by atoms with Crippen LogP contribution in [0.4, 0.5) is 4.79 Å². The van der Waals surface area contributed by atoms with E-state index >= 15 is 0 Å². The van der Waals surface area contributed by atoms with E-state index in [2.05, 4.69) is 23.5 Å². The van der Waals surface area contributed by atoms with Gasteiger partial charge in [-0.25, -0.2) is 4.79 Å². The van der Waals surface area contributed by atoms with Gasteiger partial charge in [-0.3, -0.25) is 19.8 Å². The van der Waals surface area contributed by atoms with Crippen molar-refractivity contribution < 1.29 is 23.5 Å². The summed E-state index contributed by atoms with van der Waals surface area (Å²) in [5, 5.41) is 4.49. The van der Waals surface area contributed by atoms with Crippen LogP contribution in [0.15, 0.2) is 95.1 Å². The lowest BCUT2D eigenvalue weighted by Crippen LogP contribution is -2.53. The number of furan rings is 1. The van der Waals surface area contributed by atoms with Gasteiger partial charge >= 0.3 is 6.03 Å². The summed E-state index contributed by atoms with van der Waals surface area (Å²) in [7, 11) is 0. The van der Waals surface area contributed by atoms with Crippen LogP contribution in [0.3, 0.4) is 0 Å². The number of carbonyl (C=O) groups is 3. The average Bonchev–Trinajstić information content (AvgIpc) is 3.37. The number of ether oxygens (including phenoxy) is 1. The van der Waals surface area contributed by atoms with E-state index < -0.39 is 17.8 Å². The van der Waals surface area contributed by atoms with E-state index in [9.17, 15) is 14.4 Å². The Morgan fingerprint density at radius 1 is 0.882 bits per heavy atom. The molecule has 34 heavy (non-hydrogen) atoms. The highest BCUT2D eigenvalue weighted by molar-refractivity contribution is 6.30. The summed E-state index contributed by atoms with van der Waals surface area (Å²) in [5.74, 6) is -0.322. The van der Waals surface area contributed by atoms with Crippen molar-refractivity contribution in [2.45, 2.75) is 13.2 Å². The highest BCUT2D eigenvalue weighted by atomic mass is 16.5. The molecule has 0 unspecified atom stereocenters. The molecule has 2 heterocycles. The Bertz CT molecular complexity index is 1400. The molecule has 0 atom stereocenters. The number of carbonyl (C=O) groups excluding carboxylic acids is 3. The molecule has 1 saturated heterocycles. The van der Waals surface area contributed by atoms with E-state index in [-0.39, 0.29) is 12.1 Å². The number of imide groups is 2. The summed E-state index contributed by atoms with van der Waals surface area (Å²) >= 11 is 0. The molecule has 7 nitrogen and oxygen atoms in total. The van der Waals surface area contributed by atoms with Crippen molar-refractivity contribution in [3.63, 3.8) is 0 Å². The third-order valence-corrected chi connectivity index (χ3v) is 5.55. The molecule has 1 aromatic heterocycles. The van der Waals surface area contributed by atoms with Gasteiger partial charge in [-0.05, 0) is 52.2 Å². The first-order chi connectivity index (χ1) is 16.6. The van der Waals surface area contributed by atoms with Crippen LogP contribution in [0.5, 0.6) is 5.75 Å². The Labute approximate surface area is 195 Å². The van der Waals surface area contributed by atoms with Gasteiger partial charge in [0.25, 0.3) is 11.8 Å². The second-order valence-corrected chi connectivity index (χ2v) is 7.78. The molecule has 1 aliphatic heterocycles. The average molecular weight is 452 g/mol. The van der Waals surface area contributed by atoms with Crippen LogP contribution in [0.25, 0.3) is 16.8 Å². The van der Waals surface area contributed by atoms with Crippen molar-refractivity contribution in [1.29, 1.82) is 0 Å². The number of barbiturate groups is 1. The molecule has 4 aromatic rings. The summed E-state index contributed by atoms with van der Waals surface area (Å²) in [4.78, 5) is 38.2. The van der Waals surface area contributed by atoms with Crippen molar-refractivity contribution in [2.24, 2.45) is 0 Å². The Kier molecular flexibility index (Phi) is 5.66. The fraction of sp³-hybridized carbons (Fsp3) is 0.0741. The summed E-state index contributed by atoms with van der Waals surface area (Å²) in [5.41, 5.74) is 1.58. The number of fused-ring (bicyclic) bond motifs is 1. The molecule has 0 bridgehead atoms. The minimum Gasteiger partial charge on any atom is -0.489 e. The van der Waals surface area contributed by atoms with Crippen LogP contribution in [-0.4, -0.2) is 22.7 Å². The lowest BCUT2D eigenvalue weighted by molar-refractivity contribution is -0.130. The van der Waals surface area contributed by atoms with Gasteiger partial charge in [0.1, 0.15) is 23.7 Å². The highest BCUT2D eigenvalue weighted by Crippen LogP contribution is 2.22. The topological polar surface area (TPSA) is 88.9 Å². The summed E-state index contributed by atoms with van der Waals surface area (Å²) in [6, 6.07) is 23.8. The number of hydrogen-bond acceptors (Lipinski definition) is 5. The van der Waals surface area contributed by atoms with Crippen LogP contribution in [0.2, 0.25) is 0 Å². The molecular weight excluding hydrogens is 432 g/mol. The number of benzene rings is 3. The number of rotatable bonds is 6. The summed E-state index contributed by atoms with van der Waals surface area (Å²) in [6.07, 6.45) is 2.90. The van der Waals surface area contributed by atoms with E-state index in [1.807, 2.05) is 24.3 Å². The summed E-state index contributed by atoms with van der Waals surface area (Å²) in [6.45, 7) is 0.343. The first-order valence-corrected chi connectivity index (χ1v) is 10.7. The molecule has 4 amide bonds. The number of amides is 4. The predicted molar refractivity (Wildman–Crippen MR) is 125 cm³/mol. The van der Waals surface area contributed by atoms with Gasteiger partial charge in [0.15, 0.2) is 0 Å². The van der Waals surface area contributed by atoms with E-state index in [0.717, 1.165) is 21.2 Å². The van der Waals surface area contributed by atoms with Crippen molar-refractivity contribution in [2.75, 3.05) is 0 Å². The van der Waals surface area contributed by atoms with Crippen LogP contribution in [-0.2, 0) is 22.7 Å². The predicted octanol–water partition coefficient (Wildman–Crippen LogP) is 4.67. The van der Waals surface area contributed by atoms with Crippen LogP contribution >= 0.6 is 0 Å². The zero-order valence-corrected chi connectivity index (χ0v) is 18.1. The SMILES string of the molecule is O=C1NC(=O)N(Cc2ccco2)C(=O)/C1=C/c1ccc(OCc2cccc3ccccc23)cc1. The summed E-state index contributed by atoms with van der Waals surface area (Å²) < 4.78 is 11.2. The molecular formula is C27H20N2O5. The van der Waals surface area contributed by atoms with E-state index in [4.69, 9.17) is 9.15 Å². The number of nitrogens with zero attached hydrogens (tertiary/aromatic N) is 1. The first-order valence-electron chi connectivity index (χ1n) is 10.7. The van der Waals surface area contributed by atoms with Gasteiger partial charge in [-0.15, -0.1) is 0 Å². The molecule has 3 aromatic carbocycles. The number of nitrogens with one attached hydrogen (secondary N) is 1. The van der Waals surface area contributed by atoms with Crippen molar-refractivity contribution in [3.8, 4) is 5.75 Å². The molecule has 7 heteroatoms. The maximum atomic E-state index is 12.8. The molecule has 0 spiro atoms.